The van der Waals surface area contributed by atoms with Crippen molar-refractivity contribution in [2.75, 3.05) is 25.4 Å². The molecular formula is C20H27N9O3. The molecule has 12 heteroatoms. The van der Waals surface area contributed by atoms with Gasteiger partial charge in [0.05, 0.1) is 18.5 Å². The molecule has 0 bridgehead atoms. The smallest absolute Gasteiger partial charge is 0.293 e. The van der Waals surface area contributed by atoms with Crippen molar-refractivity contribution < 1.29 is 14.2 Å². The van der Waals surface area contributed by atoms with Gasteiger partial charge in [-0.3, -0.25) is 9.69 Å². The summed E-state index contributed by atoms with van der Waals surface area (Å²) in [5, 5.41) is 19.4. The van der Waals surface area contributed by atoms with E-state index in [1.54, 1.807) is 0 Å². The van der Waals surface area contributed by atoms with E-state index in [1.807, 2.05) is 45.0 Å². The molecule has 0 spiro atoms. The molecule has 1 aromatic carbocycles. The number of carbonyl (C=O) groups is 1. The highest BCUT2D eigenvalue weighted by Crippen LogP contribution is 2.17. The van der Waals surface area contributed by atoms with E-state index in [-0.39, 0.29) is 17.3 Å². The van der Waals surface area contributed by atoms with E-state index in [4.69, 9.17) is 10.5 Å². The Bertz CT molecular complexity index is 1040. The highest BCUT2D eigenvalue weighted by Gasteiger charge is 2.24. The number of amides is 1. The fourth-order valence-electron chi connectivity index (χ4n) is 2.88. The summed E-state index contributed by atoms with van der Waals surface area (Å²) in [6.07, 6.45) is 2.48. The number of aromatic nitrogens is 5. The summed E-state index contributed by atoms with van der Waals surface area (Å²) in [6.45, 7) is 8.69. The number of ether oxygens (including phenoxy) is 1. The highest BCUT2D eigenvalue weighted by molar-refractivity contribution is 5.94. The summed E-state index contributed by atoms with van der Waals surface area (Å²) in [7, 11) is 0. The molecule has 2 heterocycles. The largest absolute Gasteiger partial charge is 0.494 e. The van der Waals surface area contributed by atoms with E-state index in [0.717, 1.165) is 30.8 Å². The number of rotatable bonds is 11. The fraction of sp³-hybridized carbons (Fsp3) is 0.400. The van der Waals surface area contributed by atoms with Crippen molar-refractivity contribution >= 4 is 17.9 Å². The predicted octanol–water partition coefficient (Wildman–Crippen LogP) is 1.63. The summed E-state index contributed by atoms with van der Waals surface area (Å²) < 4.78 is 11.6. The fourth-order valence-corrected chi connectivity index (χ4v) is 2.88. The third-order valence-corrected chi connectivity index (χ3v) is 4.67. The number of nitrogen functional groups attached to an aromatic ring is 1. The third kappa shape index (κ3) is 5.46. The molecule has 32 heavy (non-hydrogen) atoms. The lowest BCUT2D eigenvalue weighted by molar-refractivity contribution is 0.0948. The second kappa shape index (κ2) is 11.0. The zero-order valence-corrected chi connectivity index (χ0v) is 18.4. The van der Waals surface area contributed by atoms with Gasteiger partial charge in [-0.2, -0.15) is 9.78 Å². The lowest BCUT2D eigenvalue weighted by atomic mass is 10.2. The Morgan fingerprint density at radius 2 is 2.00 bits per heavy atom. The molecule has 0 saturated carbocycles. The van der Waals surface area contributed by atoms with Crippen LogP contribution in [0.15, 0.2) is 34.0 Å². The maximum Gasteiger partial charge on any atom is 0.293 e. The maximum atomic E-state index is 12.8. The van der Waals surface area contributed by atoms with E-state index in [1.165, 1.54) is 10.9 Å². The third-order valence-electron chi connectivity index (χ3n) is 4.67. The number of benzene rings is 1. The molecule has 0 aliphatic heterocycles. The SMILES string of the molecule is CCCOc1ccc(/C=N\NC(=O)c2nnn(-c3nonc3N)c2CN(CC)CC)cc1. The lowest BCUT2D eigenvalue weighted by Crippen LogP contribution is -2.27. The molecule has 0 fully saturated rings. The van der Waals surface area contributed by atoms with Gasteiger partial charge in [0.1, 0.15) is 5.75 Å². The van der Waals surface area contributed by atoms with Crippen LogP contribution in [-0.4, -0.2) is 62.0 Å². The summed E-state index contributed by atoms with van der Waals surface area (Å²) in [6, 6.07) is 7.40. The molecule has 3 N–H and O–H groups in total. The number of nitrogens with zero attached hydrogens (tertiary/aromatic N) is 7. The summed E-state index contributed by atoms with van der Waals surface area (Å²) >= 11 is 0. The Hall–Kier alpha value is -3.80. The van der Waals surface area contributed by atoms with E-state index in [0.29, 0.717) is 18.8 Å². The predicted molar refractivity (Wildman–Crippen MR) is 118 cm³/mol. The standard InChI is InChI=1S/C20H27N9O3/c1-4-11-31-15-9-7-14(8-10-15)12-22-24-20(30)17-16(13-28(5-2)6-3)29(27-23-17)19-18(21)25-32-26-19/h7-10,12H,4-6,11,13H2,1-3H3,(H2,21,25)(H,24,30)/b22-12-. The lowest BCUT2D eigenvalue weighted by Gasteiger charge is -2.18. The van der Waals surface area contributed by atoms with Crippen LogP contribution in [0.3, 0.4) is 0 Å². The summed E-state index contributed by atoms with van der Waals surface area (Å²) in [5.74, 6) is 0.500. The Kier molecular flexibility index (Phi) is 7.86. The molecular weight excluding hydrogens is 414 g/mol. The molecule has 0 atom stereocenters. The molecule has 170 valence electrons. The molecule has 0 radical (unpaired) electrons. The first-order valence-electron chi connectivity index (χ1n) is 10.4. The minimum Gasteiger partial charge on any atom is -0.494 e. The van der Waals surface area contributed by atoms with Gasteiger partial charge in [-0.25, -0.2) is 10.1 Å². The average molecular weight is 441 g/mol. The van der Waals surface area contributed by atoms with Crippen molar-refractivity contribution in [1.82, 2.24) is 35.6 Å². The molecule has 12 nitrogen and oxygen atoms in total. The quantitative estimate of drug-likeness (QED) is 0.334. The number of anilines is 1. The van der Waals surface area contributed by atoms with E-state index >= 15 is 0 Å². The first-order chi connectivity index (χ1) is 15.6. The van der Waals surface area contributed by atoms with Crippen LogP contribution in [0.1, 0.15) is 48.9 Å². The van der Waals surface area contributed by atoms with Crippen LogP contribution in [0.4, 0.5) is 5.82 Å². The van der Waals surface area contributed by atoms with Crippen LogP contribution in [0.5, 0.6) is 5.75 Å². The number of carbonyl (C=O) groups excluding carboxylic acids is 1. The van der Waals surface area contributed by atoms with E-state index in [9.17, 15) is 4.79 Å². The van der Waals surface area contributed by atoms with Gasteiger partial charge in [0, 0.05) is 6.54 Å². The van der Waals surface area contributed by atoms with Gasteiger partial charge in [0.2, 0.25) is 11.6 Å². The number of hydrogen-bond donors (Lipinski definition) is 2. The van der Waals surface area contributed by atoms with Crippen LogP contribution < -0.4 is 15.9 Å². The van der Waals surface area contributed by atoms with E-state index < -0.39 is 5.91 Å². The maximum absolute atomic E-state index is 12.8. The van der Waals surface area contributed by atoms with Gasteiger partial charge >= 0.3 is 0 Å². The van der Waals surface area contributed by atoms with Crippen molar-refractivity contribution in [2.24, 2.45) is 5.10 Å². The second-order valence-electron chi connectivity index (χ2n) is 6.85. The molecule has 0 saturated heterocycles. The molecule has 3 rings (SSSR count). The van der Waals surface area contributed by atoms with Crippen molar-refractivity contribution in [1.29, 1.82) is 0 Å². The van der Waals surface area contributed by atoms with Gasteiger partial charge < -0.3 is 10.5 Å². The van der Waals surface area contributed by atoms with Crippen LogP contribution in [0.25, 0.3) is 5.82 Å². The van der Waals surface area contributed by atoms with Crippen molar-refractivity contribution in [3.63, 3.8) is 0 Å². The monoisotopic (exact) mass is 441 g/mol. The molecule has 3 aromatic rings. The Morgan fingerprint density at radius 1 is 1.25 bits per heavy atom. The second-order valence-corrected chi connectivity index (χ2v) is 6.85. The van der Waals surface area contributed by atoms with Gasteiger partial charge in [-0.15, -0.1) is 5.10 Å². The summed E-state index contributed by atoms with van der Waals surface area (Å²) in [4.78, 5) is 14.9. The number of nitrogens with one attached hydrogen (secondary N) is 1. The highest BCUT2D eigenvalue weighted by atomic mass is 16.6. The van der Waals surface area contributed by atoms with Gasteiger partial charge in [-0.05, 0) is 59.7 Å². The first kappa shape index (κ1) is 22.9. The van der Waals surface area contributed by atoms with Gasteiger partial charge in [0.15, 0.2) is 5.69 Å². The molecule has 2 aromatic heterocycles. The zero-order valence-electron chi connectivity index (χ0n) is 18.4. The number of hydrazone groups is 1. The van der Waals surface area contributed by atoms with Crippen molar-refractivity contribution in [3.8, 4) is 11.6 Å². The van der Waals surface area contributed by atoms with Crippen LogP contribution >= 0.6 is 0 Å². The molecule has 0 aliphatic rings. The number of hydrogen-bond acceptors (Lipinski definition) is 10. The Balaban J connectivity index is 1.76. The topological polar surface area (TPSA) is 150 Å². The minimum atomic E-state index is -0.507. The first-order valence-corrected chi connectivity index (χ1v) is 10.4. The van der Waals surface area contributed by atoms with Gasteiger partial charge in [-0.1, -0.05) is 26.0 Å². The van der Waals surface area contributed by atoms with Crippen molar-refractivity contribution in [3.05, 3.63) is 41.2 Å². The number of nitrogens with two attached hydrogens (primary N) is 1. The van der Waals surface area contributed by atoms with Crippen LogP contribution in [-0.2, 0) is 6.54 Å². The van der Waals surface area contributed by atoms with Crippen LogP contribution in [0, 0.1) is 0 Å². The van der Waals surface area contributed by atoms with Crippen LogP contribution in [0.2, 0.25) is 0 Å². The molecule has 0 aliphatic carbocycles. The molecule has 0 unspecified atom stereocenters. The Labute approximate surface area is 185 Å². The minimum absolute atomic E-state index is 0.0482. The van der Waals surface area contributed by atoms with E-state index in [2.05, 4.69) is 40.7 Å². The zero-order chi connectivity index (χ0) is 22.9. The summed E-state index contributed by atoms with van der Waals surface area (Å²) in [5.41, 5.74) is 9.72. The average Bonchev–Trinajstić information content (AvgIpc) is 3.42. The molecule has 1 amide bonds. The van der Waals surface area contributed by atoms with Gasteiger partial charge in [0.25, 0.3) is 5.91 Å². The van der Waals surface area contributed by atoms with Crippen molar-refractivity contribution in [2.45, 2.75) is 33.7 Å². The Morgan fingerprint density at radius 3 is 2.62 bits per heavy atom. The normalized spacial score (nSPS) is 11.4.